The number of benzene rings is 1. The third-order valence-corrected chi connectivity index (χ3v) is 5.29. The number of fused-ring (bicyclic) bond motifs is 1. The molecule has 1 aliphatic rings. The third kappa shape index (κ3) is 3.97. The molecule has 1 fully saturated rings. The molecule has 3 aromatic rings. The minimum atomic E-state index is -0.262. The van der Waals surface area contributed by atoms with E-state index in [1.54, 1.807) is 6.20 Å². The number of hydrogen-bond donors (Lipinski definition) is 2. The number of aromatic amines is 1. The summed E-state index contributed by atoms with van der Waals surface area (Å²) in [5, 5.41) is 4.17. The maximum absolute atomic E-state index is 13.7. The van der Waals surface area contributed by atoms with Crippen molar-refractivity contribution in [3.05, 3.63) is 76.3 Å². The molecule has 3 heterocycles. The Kier molecular flexibility index (Phi) is 5.48. The molecule has 0 saturated carbocycles. The van der Waals surface area contributed by atoms with Crippen LogP contribution in [0.15, 0.2) is 59.5 Å². The Morgan fingerprint density at radius 2 is 1.96 bits per heavy atom. The Bertz CT molecular complexity index is 1010. The Morgan fingerprint density at radius 3 is 2.82 bits per heavy atom. The second kappa shape index (κ2) is 8.35. The smallest absolute Gasteiger partial charge is 0.255 e. The molecule has 4 rings (SSSR count). The van der Waals surface area contributed by atoms with Crippen molar-refractivity contribution in [2.45, 2.75) is 31.8 Å². The number of hydrogen-bond acceptors (Lipinski definition) is 4. The first-order valence-electron chi connectivity index (χ1n) is 9.76. The van der Waals surface area contributed by atoms with Gasteiger partial charge in [0.15, 0.2) is 0 Å². The third-order valence-electron chi connectivity index (χ3n) is 5.29. The number of carbonyl (C=O) groups excluding carboxylic acids is 1. The average Bonchev–Trinajstić information content (AvgIpc) is 3.01. The van der Waals surface area contributed by atoms with Crippen molar-refractivity contribution >= 4 is 16.8 Å². The van der Waals surface area contributed by atoms with E-state index in [4.69, 9.17) is 0 Å². The number of H-pyrrole nitrogens is 1. The molecule has 1 amide bonds. The summed E-state index contributed by atoms with van der Waals surface area (Å²) in [5.74, 6) is -0.111. The zero-order valence-electron chi connectivity index (χ0n) is 15.7. The molecule has 1 saturated heterocycles. The predicted molar refractivity (Wildman–Crippen MR) is 109 cm³/mol. The molecule has 1 aliphatic heterocycles. The van der Waals surface area contributed by atoms with Gasteiger partial charge >= 0.3 is 0 Å². The fraction of sp³-hybridized carbons (Fsp3) is 0.318. The summed E-state index contributed by atoms with van der Waals surface area (Å²) >= 11 is 0. The second-order valence-corrected chi connectivity index (χ2v) is 7.18. The van der Waals surface area contributed by atoms with Gasteiger partial charge in [0.25, 0.3) is 5.91 Å². The number of aromatic nitrogens is 2. The number of nitrogens with zero attached hydrogens (tertiary/aromatic N) is 2. The highest BCUT2D eigenvalue weighted by atomic mass is 16.2. The Balaban J connectivity index is 1.75. The van der Waals surface area contributed by atoms with E-state index < -0.39 is 0 Å². The van der Waals surface area contributed by atoms with E-state index in [2.05, 4.69) is 15.3 Å². The lowest BCUT2D eigenvalue weighted by Gasteiger charge is -2.31. The molecule has 144 valence electrons. The van der Waals surface area contributed by atoms with Crippen LogP contribution >= 0.6 is 0 Å². The molecule has 28 heavy (non-hydrogen) atoms. The van der Waals surface area contributed by atoms with Gasteiger partial charge in [-0.15, -0.1) is 0 Å². The average molecular weight is 376 g/mol. The van der Waals surface area contributed by atoms with Crippen molar-refractivity contribution in [1.82, 2.24) is 20.2 Å². The summed E-state index contributed by atoms with van der Waals surface area (Å²) in [7, 11) is 0. The van der Waals surface area contributed by atoms with Crippen LogP contribution in [0.25, 0.3) is 10.9 Å². The van der Waals surface area contributed by atoms with Crippen molar-refractivity contribution < 1.29 is 4.79 Å². The maximum Gasteiger partial charge on any atom is 0.255 e. The highest BCUT2D eigenvalue weighted by molar-refractivity contribution is 6.06. The Hall–Kier alpha value is -2.99. The minimum absolute atomic E-state index is 0.111. The van der Waals surface area contributed by atoms with E-state index in [0.29, 0.717) is 17.6 Å². The van der Waals surface area contributed by atoms with Crippen LogP contribution in [-0.2, 0) is 6.54 Å². The maximum atomic E-state index is 13.7. The van der Waals surface area contributed by atoms with Crippen LogP contribution in [0.2, 0.25) is 0 Å². The number of para-hydroxylation sites is 1. The van der Waals surface area contributed by atoms with E-state index >= 15 is 0 Å². The van der Waals surface area contributed by atoms with Crippen LogP contribution in [0, 0.1) is 0 Å². The first-order valence-corrected chi connectivity index (χ1v) is 9.76. The summed E-state index contributed by atoms with van der Waals surface area (Å²) in [6.07, 6.45) is 4.59. The summed E-state index contributed by atoms with van der Waals surface area (Å²) in [5.41, 5.74) is 1.72. The van der Waals surface area contributed by atoms with E-state index in [1.165, 1.54) is 6.07 Å². The van der Waals surface area contributed by atoms with Crippen molar-refractivity contribution in [1.29, 1.82) is 0 Å². The Labute approximate surface area is 163 Å². The van der Waals surface area contributed by atoms with Crippen molar-refractivity contribution in [3.8, 4) is 0 Å². The lowest BCUT2D eigenvalue weighted by Crippen LogP contribution is -2.41. The molecule has 6 nitrogen and oxygen atoms in total. The second-order valence-electron chi connectivity index (χ2n) is 7.18. The largest absolute Gasteiger partial charge is 0.330 e. The van der Waals surface area contributed by atoms with Crippen molar-refractivity contribution in [2.24, 2.45) is 0 Å². The molecule has 2 aromatic heterocycles. The van der Waals surface area contributed by atoms with Crippen LogP contribution in [0.3, 0.4) is 0 Å². The van der Waals surface area contributed by atoms with Gasteiger partial charge in [0.1, 0.15) is 0 Å². The van der Waals surface area contributed by atoms with Gasteiger partial charge in [0.2, 0.25) is 5.56 Å². The van der Waals surface area contributed by atoms with E-state index in [-0.39, 0.29) is 17.5 Å². The quantitative estimate of drug-likeness (QED) is 0.734. The molecule has 0 radical (unpaired) electrons. The van der Waals surface area contributed by atoms with Crippen LogP contribution in [-0.4, -0.2) is 39.9 Å². The fourth-order valence-electron chi connectivity index (χ4n) is 3.88. The highest BCUT2D eigenvalue weighted by Gasteiger charge is 2.27. The SMILES string of the molecule is O=C(c1cc(=O)[nH]c2ccccc12)N(Cc1ccccn1)C1CCCNCC1. The zero-order valence-corrected chi connectivity index (χ0v) is 15.7. The predicted octanol–water partition coefficient (Wildman–Crippen LogP) is 2.71. The van der Waals surface area contributed by atoms with Crippen molar-refractivity contribution in [3.63, 3.8) is 0 Å². The van der Waals surface area contributed by atoms with Gasteiger partial charge in [-0.25, -0.2) is 0 Å². The summed E-state index contributed by atoms with van der Waals surface area (Å²) in [6.45, 7) is 2.29. The standard InChI is InChI=1S/C22H24N4O2/c27-21-14-19(18-8-1-2-9-20(18)25-21)22(28)26(15-16-6-3-4-12-24-16)17-7-5-11-23-13-10-17/h1-4,6,8-9,12,14,17,23H,5,7,10-11,13,15H2,(H,25,27). The van der Waals surface area contributed by atoms with Gasteiger partial charge < -0.3 is 15.2 Å². The first-order chi connectivity index (χ1) is 13.7. The number of nitrogens with one attached hydrogen (secondary N) is 2. The molecular weight excluding hydrogens is 352 g/mol. The van der Waals surface area contributed by atoms with E-state index in [9.17, 15) is 9.59 Å². The van der Waals surface area contributed by atoms with Gasteiger partial charge in [-0.1, -0.05) is 24.3 Å². The monoisotopic (exact) mass is 376 g/mol. The van der Waals surface area contributed by atoms with Crippen LogP contribution in [0.5, 0.6) is 0 Å². The van der Waals surface area contributed by atoms with E-state index in [0.717, 1.165) is 43.4 Å². The number of carbonyl (C=O) groups is 1. The summed E-state index contributed by atoms with van der Waals surface area (Å²) < 4.78 is 0. The molecule has 1 unspecified atom stereocenters. The number of amides is 1. The topological polar surface area (TPSA) is 78.1 Å². The summed E-state index contributed by atoms with van der Waals surface area (Å²) in [6, 6.07) is 14.7. The van der Waals surface area contributed by atoms with Gasteiger partial charge in [0.05, 0.1) is 17.8 Å². The molecule has 0 bridgehead atoms. The molecule has 2 N–H and O–H groups in total. The first kappa shape index (κ1) is 18.4. The molecule has 1 atom stereocenters. The summed E-state index contributed by atoms with van der Waals surface area (Å²) in [4.78, 5) is 35.0. The van der Waals surface area contributed by atoms with Crippen molar-refractivity contribution in [2.75, 3.05) is 13.1 Å². The fourth-order valence-corrected chi connectivity index (χ4v) is 3.88. The van der Waals surface area contributed by atoms with Crippen LogP contribution in [0.1, 0.15) is 35.3 Å². The number of rotatable bonds is 4. The highest BCUT2D eigenvalue weighted by Crippen LogP contribution is 2.22. The van der Waals surface area contributed by atoms with Gasteiger partial charge in [-0.05, 0) is 50.6 Å². The molecule has 0 spiro atoms. The normalized spacial score (nSPS) is 17.2. The van der Waals surface area contributed by atoms with E-state index in [1.807, 2.05) is 47.4 Å². The molecular formula is C22H24N4O2. The lowest BCUT2D eigenvalue weighted by molar-refractivity contribution is 0.0644. The van der Waals surface area contributed by atoms with Gasteiger partial charge in [-0.2, -0.15) is 0 Å². The zero-order chi connectivity index (χ0) is 19.3. The molecule has 0 aliphatic carbocycles. The molecule has 1 aromatic carbocycles. The van der Waals surface area contributed by atoms with Gasteiger partial charge in [0, 0.05) is 29.2 Å². The minimum Gasteiger partial charge on any atom is -0.330 e. The number of pyridine rings is 2. The van der Waals surface area contributed by atoms with Crippen LogP contribution in [0.4, 0.5) is 0 Å². The molecule has 6 heteroatoms. The van der Waals surface area contributed by atoms with Crippen LogP contribution < -0.4 is 10.9 Å². The van der Waals surface area contributed by atoms with Gasteiger partial charge in [-0.3, -0.25) is 14.6 Å². The Morgan fingerprint density at radius 1 is 1.11 bits per heavy atom. The lowest BCUT2D eigenvalue weighted by atomic mass is 10.0.